The number of fused-ring (bicyclic) bond motifs is 2. The van der Waals surface area contributed by atoms with Gasteiger partial charge in [0.2, 0.25) is 0 Å². The molecule has 5 rings (SSSR count). The van der Waals surface area contributed by atoms with E-state index in [1.54, 1.807) is 22.3 Å². The fourth-order valence-electron chi connectivity index (χ4n) is 7.06. The normalized spacial score (nSPS) is 11.6. The first kappa shape index (κ1) is 28.2. The van der Waals surface area contributed by atoms with Gasteiger partial charge in [0.25, 0.3) is 0 Å². The van der Waals surface area contributed by atoms with E-state index in [0.717, 1.165) is 12.8 Å². The number of benzene rings is 5. The van der Waals surface area contributed by atoms with Crippen LogP contribution in [0.3, 0.4) is 0 Å². The smallest absolute Gasteiger partial charge is 0.00237 e. The molecule has 0 heteroatoms. The summed E-state index contributed by atoms with van der Waals surface area (Å²) in [5.41, 5.74) is 14.7. The van der Waals surface area contributed by atoms with E-state index in [1.165, 1.54) is 93.5 Å². The fraction of sp³-hybridized carbons (Fsp3) is 0.350. The van der Waals surface area contributed by atoms with Crippen molar-refractivity contribution in [2.75, 3.05) is 0 Å². The molecule has 5 aromatic rings. The van der Waals surface area contributed by atoms with Crippen LogP contribution in [-0.4, -0.2) is 0 Å². The van der Waals surface area contributed by atoms with Crippen molar-refractivity contribution in [2.24, 2.45) is 0 Å². The van der Waals surface area contributed by atoms with Gasteiger partial charge in [0.05, 0.1) is 0 Å². The second-order valence-corrected chi connectivity index (χ2v) is 11.6. The molecule has 0 amide bonds. The zero-order valence-corrected chi connectivity index (χ0v) is 25.6. The van der Waals surface area contributed by atoms with Gasteiger partial charge in [-0.05, 0) is 129 Å². The summed E-state index contributed by atoms with van der Waals surface area (Å²) in [4.78, 5) is 0. The molecule has 206 valence electrons. The minimum atomic E-state index is 1.15. The molecule has 0 radical (unpaired) electrons. The maximum atomic E-state index is 2.60. The largest absolute Gasteiger partial charge is 0.0651 e. The van der Waals surface area contributed by atoms with Crippen LogP contribution in [-0.2, 0) is 25.7 Å². The molecule has 0 saturated heterocycles. The molecule has 5 aromatic carbocycles. The number of hydrogen-bond acceptors (Lipinski definition) is 0. The Balaban J connectivity index is 2.02. The van der Waals surface area contributed by atoms with E-state index in [0.29, 0.717) is 0 Å². The molecular formula is C40H46. The summed E-state index contributed by atoms with van der Waals surface area (Å²) >= 11 is 0. The Kier molecular flexibility index (Phi) is 8.75. The third-order valence-corrected chi connectivity index (χ3v) is 8.89. The predicted molar refractivity (Wildman–Crippen MR) is 178 cm³/mol. The molecule has 0 saturated carbocycles. The first-order valence-electron chi connectivity index (χ1n) is 15.7. The molecule has 0 aromatic heterocycles. The van der Waals surface area contributed by atoms with Crippen molar-refractivity contribution in [2.45, 2.75) is 92.9 Å². The van der Waals surface area contributed by atoms with Crippen LogP contribution in [0.25, 0.3) is 43.8 Å². The van der Waals surface area contributed by atoms with E-state index < -0.39 is 0 Å². The second-order valence-electron chi connectivity index (χ2n) is 11.6. The molecule has 40 heavy (non-hydrogen) atoms. The molecule has 0 aliphatic rings. The quantitative estimate of drug-likeness (QED) is 0.159. The molecule has 0 bridgehead atoms. The lowest BCUT2D eigenvalue weighted by atomic mass is 9.79. The Hall–Kier alpha value is -3.38. The third kappa shape index (κ3) is 4.98. The molecule has 0 spiro atoms. The van der Waals surface area contributed by atoms with E-state index in [-0.39, 0.29) is 0 Å². The minimum Gasteiger partial charge on any atom is -0.0651 e. The Morgan fingerprint density at radius 3 is 1.25 bits per heavy atom. The zero-order valence-electron chi connectivity index (χ0n) is 25.6. The van der Waals surface area contributed by atoms with E-state index in [9.17, 15) is 0 Å². The van der Waals surface area contributed by atoms with Crippen molar-refractivity contribution >= 4 is 21.5 Å². The average Bonchev–Trinajstić information content (AvgIpc) is 2.98. The van der Waals surface area contributed by atoms with Gasteiger partial charge >= 0.3 is 0 Å². The average molecular weight is 527 g/mol. The standard InChI is InChI=1S/C40H46/c1-7-17-31-32(18-8-2)34(20-10-4)37-26-38-35(25-36(37)33(31)19-9-3)27(5)28(6)39(29-21-13-11-14-22-29)40(38)30-23-15-12-16-24-30/h11-16,21-26H,7-10,17-20H2,1-6H3. The fourth-order valence-corrected chi connectivity index (χ4v) is 7.06. The molecule has 0 heterocycles. The van der Waals surface area contributed by atoms with Gasteiger partial charge in [0, 0.05) is 0 Å². The first-order chi connectivity index (χ1) is 19.5. The van der Waals surface area contributed by atoms with E-state index in [4.69, 9.17) is 0 Å². The summed E-state index contributed by atoms with van der Waals surface area (Å²) in [5.74, 6) is 0. The highest BCUT2D eigenvalue weighted by atomic mass is 14.3. The second kappa shape index (κ2) is 12.4. The van der Waals surface area contributed by atoms with E-state index >= 15 is 0 Å². The van der Waals surface area contributed by atoms with Crippen LogP contribution in [0.2, 0.25) is 0 Å². The van der Waals surface area contributed by atoms with Gasteiger partial charge in [0.15, 0.2) is 0 Å². The molecule has 0 aliphatic heterocycles. The number of rotatable bonds is 10. The van der Waals surface area contributed by atoms with Crippen LogP contribution in [0.5, 0.6) is 0 Å². The monoisotopic (exact) mass is 526 g/mol. The van der Waals surface area contributed by atoms with E-state index in [1.807, 2.05) is 0 Å². The van der Waals surface area contributed by atoms with Crippen LogP contribution in [0.1, 0.15) is 86.8 Å². The summed E-state index contributed by atoms with van der Waals surface area (Å²) in [6.07, 6.45) is 9.44. The highest BCUT2D eigenvalue weighted by Gasteiger charge is 2.22. The molecule has 0 N–H and O–H groups in total. The summed E-state index contributed by atoms with van der Waals surface area (Å²) in [7, 11) is 0. The predicted octanol–water partition coefficient (Wildman–Crippen LogP) is 11.8. The molecule has 0 nitrogen and oxygen atoms in total. The molecule has 0 unspecified atom stereocenters. The van der Waals surface area contributed by atoms with Crippen molar-refractivity contribution in [3.05, 3.63) is 106 Å². The Morgan fingerprint density at radius 2 is 0.800 bits per heavy atom. The lowest BCUT2D eigenvalue weighted by molar-refractivity contribution is 0.810. The topological polar surface area (TPSA) is 0 Å². The summed E-state index contributed by atoms with van der Waals surface area (Å²) in [6, 6.07) is 27.3. The van der Waals surface area contributed by atoms with Gasteiger partial charge in [-0.25, -0.2) is 0 Å². The van der Waals surface area contributed by atoms with Gasteiger partial charge in [0.1, 0.15) is 0 Å². The zero-order chi connectivity index (χ0) is 28.2. The van der Waals surface area contributed by atoms with Crippen LogP contribution in [0, 0.1) is 13.8 Å². The maximum Gasteiger partial charge on any atom is -0.00237 e. The van der Waals surface area contributed by atoms with Crippen molar-refractivity contribution in [3.8, 4) is 22.3 Å². The molecular weight excluding hydrogens is 480 g/mol. The number of aryl methyl sites for hydroxylation is 3. The Bertz CT molecular complexity index is 1620. The first-order valence-corrected chi connectivity index (χ1v) is 15.7. The number of hydrogen-bond donors (Lipinski definition) is 0. The summed E-state index contributed by atoms with van der Waals surface area (Å²) in [5, 5.41) is 5.82. The molecule has 0 fully saturated rings. The van der Waals surface area contributed by atoms with Crippen molar-refractivity contribution < 1.29 is 0 Å². The van der Waals surface area contributed by atoms with Crippen molar-refractivity contribution in [3.63, 3.8) is 0 Å². The van der Waals surface area contributed by atoms with Gasteiger partial charge in [-0.3, -0.25) is 0 Å². The third-order valence-electron chi connectivity index (χ3n) is 8.89. The van der Waals surface area contributed by atoms with Crippen LogP contribution >= 0.6 is 0 Å². The van der Waals surface area contributed by atoms with Gasteiger partial charge in [-0.2, -0.15) is 0 Å². The SMILES string of the molecule is CCCc1c(CCC)c(CCC)c2cc3c(-c4ccccc4)c(-c4ccccc4)c(C)c(C)c3cc2c1CCC. The minimum absolute atomic E-state index is 1.15. The van der Waals surface area contributed by atoms with Gasteiger partial charge < -0.3 is 0 Å². The van der Waals surface area contributed by atoms with Crippen LogP contribution in [0.4, 0.5) is 0 Å². The van der Waals surface area contributed by atoms with E-state index in [2.05, 4.69) is 114 Å². The highest BCUT2D eigenvalue weighted by Crippen LogP contribution is 2.45. The molecule has 0 atom stereocenters. The van der Waals surface area contributed by atoms with Gasteiger partial charge in [-0.15, -0.1) is 0 Å². The van der Waals surface area contributed by atoms with Gasteiger partial charge in [-0.1, -0.05) is 114 Å². The van der Waals surface area contributed by atoms with Crippen LogP contribution in [0.15, 0.2) is 72.8 Å². The lowest BCUT2D eigenvalue weighted by Crippen LogP contribution is -2.08. The van der Waals surface area contributed by atoms with Crippen molar-refractivity contribution in [1.82, 2.24) is 0 Å². The highest BCUT2D eigenvalue weighted by molar-refractivity contribution is 6.13. The maximum absolute atomic E-state index is 2.60. The summed E-state index contributed by atoms with van der Waals surface area (Å²) < 4.78 is 0. The Labute approximate surface area is 242 Å². The van der Waals surface area contributed by atoms with Crippen LogP contribution < -0.4 is 0 Å². The molecule has 0 aliphatic carbocycles. The van der Waals surface area contributed by atoms with Crippen molar-refractivity contribution in [1.29, 1.82) is 0 Å². The lowest BCUT2D eigenvalue weighted by Gasteiger charge is -2.25. The Morgan fingerprint density at radius 1 is 0.400 bits per heavy atom. The summed E-state index contributed by atoms with van der Waals surface area (Å²) in [6.45, 7) is 14.1.